The van der Waals surface area contributed by atoms with Crippen molar-refractivity contribution in [2.75, 3.05) is 40.4 Å². The molecule has 2 saturated heterocycles. The quantitative estimate of drug-likeness (QED) is 0.823. The van der Waals surface area contributed by atoms with Gasteiger partial charge in [-0.05, 0) is 57.9 Å². The van der Waals surface area contributed by atoms with Gasteiger partial charge in [-0.15, -0.1) is 0 Å². The van der Waals surface area contributed by atoms with E-state index in [4.69, 9.17) is 9.47 Å². The second-order valence-electron chi connectivity index (χ2n) is 7.14. The average molecular weight is 332 g/mol. The molecular formula is C20H32N2O2. The van der Waals surface area contributed by atoms with Crippen molar-refractivity contribution in [2.24, 2.45) is 0 Å². The molecule has 2 aliphatic heterocycles. The Morgan fingerprint density at radius 3 is 2.25 bits per heavy atom. The fraction of sp³-hybridized carbons (Fsp3) is 0.700. The van der Waals surface area contributed by atoms with Crippen LogP contribution in [0.1, 0.15) is 44.1 Å². The predicted molar refractivity (Wildman–Crippen MR) is 97.9 cm³/mol. The molecule has 0 bridgehead atoms. The number of benzene rings is 1. The third kappa shape index (κ3) is 4.42. The first-order valence-corrected chi connectivity index (χ1v) is 9.47. The van der Waals surface area contributed by atoms with E-state index in [1.165, 1.54) is 70.3 Å². The van der Waals surface area contributed by atoms with E-state index >= 15 is 0 Å². The van der Waals surface area contributed by atoms with Crippen molar-refractivity contribution < 1.29 is 9.47 Å². The Hall–Kier alpha value is -1.26. The van der Waals surface area contributed by atoms with Gasteiger partial charge in [-0.25, -0.2) is 0 Å². The van der Waals surface area contributed by atoms with E-state index in [0.717, 1.165) is 24.1 Å². The van der Waals surface area contributed by atoms with Crippen LogP contribution in [-0.4, -0.2) is 56.2 Å². The smallest absolute Gasteiger partial charge is 0.127 e. The Kier molecular flexibility index (Phi) is 6.38. The predicted octanol–water partition coefficient (Wildman–Crippen LogP) is 3.54. The van der Waals surface area contributed by atoms with Gasteiger partial charge in [0.2, 0.25) is 0 Å². The van der Waals surface area contributed by atoms with E-state index < -0.39 is 0 Å². The second-order valence-corrected chi connectivity index (χ2v) is 7.14. The van der Waals surface area contributed by atoms with Crippen LogP contribution in [0.5, 0.6) is 11.5 Å². The SMILES string of the molecule is COc1ccc(CN2CCC(N3CCCCCC3)CC2)c(OC)c1. The number of ether oxygens (including phenoxy) is 2. The summed E-state index contributed by atoms with van der Waals surface area (Å²) in [5.74, 6) is 1.79. The summed E-state index contributed by atoms with van der Waals surface area (Å²) in [4.78, 5) is 5.33. The van der Waals surface area contributed by atoms with Gasteiger partial charge in [0.05, 0.1) is 14.2 Å². The second kappa shape index (κ2) is 8.72. The van der Waals surface area contributed by atoms with E-state index in [1.54, 1.807) is 14.2 Å². The fourth-order valence-corrected chi connectivity index (χ4v) is 4.13. The molecule has 1 aromatic rings. The molecule has 0 aliphatic carbocycles. The van der Waals surface area contributed by atoms with Crippen LogP contribution >= 0.6 is 0 Å². The standard InChI is InChI=1S/C20H32N2O2/c1-23-19-8-7-17(20(15-19)24-2)16-21-13-9-18(10-14-21)22-11-5-3-4-6-12-22/h7-8,15,18H,3-6,9-14,16H2,1-2H3. The lowest BCUT2D eigenvalue weighted by molar-refractivity contribution is 0.107. The van der Waals surface area contributed by atoms with Gasteiger partial charge >= 0.3 is 0 Å². The Bertz CT molecular complexity index is 504. The van der Waals surface area contributed by atoms with Crippen molar-refractivity contribution in [3.8, 4) is 11.5 Å². The van der Waals surface area contributed by atoms with E-state index in [9.17, 15) is 0 Å². The molecule has 0 spiro atoms. The number of likely N-dealkylation sites (tertiary alicyclic amines) is 2. The summed E-state index contributed by atoms with van der Waals surface area (Å²) >= 11 is 0. The third-order valence-electron chi connectivity index (χ3n) is 5.60. The molecule has 0 aromatic heterocycles. The summed E-state index contributed by atoms with van der Waals surface area (Å²) in [6.07, 6.45) is 8.24. The number of nitrogens with zero attached hydrogens (tertiary/aromatic N) is 2. The molecule has 4 nitrogen and oxygen atoms in total. The van der Waals surface area contributed by atoms with Gasteiger partial charge in [-0.2, -0.15) is 0 Å². The lowest BCUT2D eigenvalue weighted by atomic mass is 10.0. The van der Waals surface area contributed by atoms with E-state index in [1.807, 2.05) is 12.1 Å². The number of methoxy groups -OCH3 is 2. The zero-order valence-electron chi connectivity index (χ0n) is 15.3. The Labute approximate surface area is 146 Å². The molecule has 2 heterocycles. The monoisotopic (exact) mass is 332 g/mol. The minimum Gasteiger partial charge on any atom is -0.497 e. The fourth-order valence-electron chi connectivity index (χ4n) is 4.13. The lowest BCUT2D eigenvalue weighted by Crippen LogP contribution is -2.45. The van der Waals surface area contributed by atoms with E-state index in [2.05, 4.69) is 15.9 Å². The van der Waals surface area contributed by atoms with Crippen molar-refractivity contribution in [3.05, 3.63) is 23.8 Å². The van der Waals surface area contributed by atoms with Gasteiger partial charge < -0.3 is 14.4 Å². The molecule has 0 N–H and O–H groups in total. The van der Waals surface area contributed by atoms with Gasteiger partial charge in [-0.1, -0.05) is 18.9 Å². The normalized spacial score (nSPS) is 21.4. The van der Waals surface area contributed by atoms with Crippen molar-refractivity contribution in [3.63, 3.8) is 0 Å². The Morgan fingerprint density at radius 1 is 0.917 bits per heavy atom. The van der Waals surface area contributed by atoms with Gasteiger partial charge in [0.25, 0.3) is 0 Å². The number of hydrogen-bond acceptors (Lipinski definition) is 4. The first kappa shape index (κ1) is 17.6. The summed E-state index contributed by atoms with van der Waals surface area (Å²) in [5, 5.41) is 0. The molecule has 0 atom stereocenters. The Balaban J connectivity index is 1.53. The molecule has 3 rings (SSSR count). The first-order chi connectivity index (χ1) is 11.8. The van der Waals surface area contributed by atoms with Crippen molar-refractivity contribution in [1.82, 2.24) is 9.80 Å². The molecule has 1 aromatic carbocycles. The minimum absolute atomic E-state index is 0.803. The largest absolute Gasteiger partial charge is 0.497 e. The number of piperidine rings is 1. The maximum Gasteiger partial charge on any atom is 0.127 e. The van der Waals surface area contributed by atoms with Gasteiger partial charge in [0.15, 0.2) is 0 Å². The van der Waals surface area contributed by atoms with Crippen LogP contribution in [0.25, 0.3) is 0 Å². The average Bonchev–Trinajstić information content (AvgIpc) is 2.92. The third-order valence-corrected chi connectivity index (χ3v) is 5.60. The molecule has 0 radical (unpaired) electrons. The molecule has 24 heavy (non-hydrogen) atoms. The minimum atomic E-state index is 0.803. The lowest BCUT2D eigenvalue weighted by Gasteiger charge is -2.38. The highest BCUT2D eigenvalue weighted by molar-refractivity contribution is 5.40. The summed E-state index contributed by atoms with van der Waals surface area (Å²) in [6.45, 7) is 5.99. The highest BCUT2D eigenvalue weighted by Gasteiger charge is 2.25. The van der Waals surface area contributed by atoms with E-state index in [-0.39, 0.29) is 0 Å². The van der Waals surface area contributed by atoms with Crippen molar-refractivity contribution in [2.45, 2.75) is 51.1 Å². The summed E-state index contributed by atoms with van der Waals surface area (Å²) in [7, 11) is 3.44. The molecule has 0 saturated carbocycles. The summed E-state index contributed by atoms with van der Waals surface area (Å²) < 4.78 is 10.8. The number of hydrogen-bond donors (Lipinski definition) is 0. The van der Waals surface area contributed by atoms with Gasteiger partial charge in [0, 0.05) is 24.2 Å². The Morgan fingerprint density at radius 2 is 1.62 bits per heavy atom. The van der Waals surface area contributed by atoms with Crippen LogP contribution < -0.4 is 9.47 Å². The van der Waals surface area contributed by atoms with Crippen LogP contribution in [0.4, 0.5) is 0 Å². The maximum atomic E-state index is 5.54. The molecule has 2 aliphatic rings. The molecule has 2 fully saturated rings. The topological polar surface area (TPSA) is 24.9 Å². The van der Waals surface area contributed by atoms with Crippen molar-refractivity contribution >= 4 is 0 Å². The first-order valence-electron chi connectivity index (χ1n) is 9.47. The molecule has 134 valence electrons. The molecular weight excluding hydrogens is 300 g/mol. The molecule has 0 amide bonds. The zero-order chi connectivity index (χ0) is 16.8. The molecule has 0 unspecified atom stereocenters. The zero-order valence-corrected chi connectivity index (χ0v) is 15.3. The van der Waals surface area contributed by atoms with Crippen molar-refractivity contribution in [1.29, 1.82) is 0 Å². The van der Waals surface area contributed by atoms with Crippen LogP contribution in [-0.2, 0) is 6.54 Å². The maximum absolute atomic E-state index is 5.54. The van der Waals surface area contributed by atoms with E-state index in [0.29, 0.717) is 0 Å². The number of rotatable bonds is 5. The molecule has 4 heteroatoms. The van der Waals surface area contributed by atoms with Gasteiger partial charge in [0.1, 0.15) is 11.5 Å². The summed E-state index contributed by atoms with van der Waals surface area (Å²) in [5.41, 5.74) is 1.26. The van der Waals surface area contributed by atoms with Crippen LogP contribution in [0.3, 0.4) is 0 Å². The van der Waals surface area contributed by atoms with Crippen LogP contribution in [0.2, 0.25) is 0 Å². The van der Waals surface area contributed by atoms with Crippen LogP contribution in [0.15, 0.2) is 18.2 Å². The highest BCUT2D eigenvalue weighted by atomic mass is 16.5. The van der Waals surface area contributed by atoms with Crippen LogP contribution in [0, 0.1) is 0 Å². The van der Waals surface area contributed by atoms with Gasteiger partial charge in [-0.3, -0.25) is 4.90 Å². The highest BCUT2D eigenvalue weighted by Crippen LogP contribution is 2.27. The summed E-state index contributed by atoms with van der Waals surface area (Å²) in [6, 6.07) is 6.96.